The molecule has 3 aliphatic rings. The van der Waals surface area contributed by atoms with Crippen LogP contribution in [0.5, 0.6) is 0 Å². The number of hydrogen-bond donors (Lipinski definition) is 0. The molecule has 1 atom stereocenters. The zero-order valence-corrected chi connectivity index (χ0v) is 13.4. The second-order valence-corrected chi connectivity index (χ2v) is 7.73. The van der Waals surface area contributed by atoms with Crippen LogP contribution in [0.25, 0.3) is 11.3 Å². The van der Waals surface area contributed by atoms with Gasteiger partial charge in [-0.1, -0.05) is 24.3 Å². The van der Waals surface area contributed by atoms with Crippen LogP contribution in [0.15, 0.2) is 36.8 Å². The summed E-state index contributed by atoms with van der Waals surface area (Å²) in [5.74, 6) is 0.753. The van der Waals surface area contributed by atoms with Crippen molar-refractivity contribution in [2.45, 2.75) is 51.0 Å². The van der Waals surface area contributed by atoms with Crippen molar-refractivity contribution in [2.75, 3.05) is 0 Å². The van der Waals surface area contributed by atoms with E-state index in [0.29, 0.717) is 23.5 Å². The first-order chi connectivity index (χ1) is 11.3. The fourth-order valence-electron chi connectivity index (χ4n) is 4.73. The van der Waals surface area contributed by atoms with E-state index in [1.54, 1.807) is 0 Å². The first kappa shape index (κ1) is 13.5. The van der Waals surface area contributed by atoms with Crippen LogP contribution in [0.2, 0.25) is 0 Å². The third kappa shape index (κ3) is 2.09. The fourth-order valence-corrected chi connectivity index (χ4v) is 4.73. The molecule has 1 aliphatic heterocycles. The van der Waals surface area contributed by atoms with Gasteiger partial charge in [0.05, 0.1) is 24.3 Å². The number of rotatable bonds is 3. The van der Waals surface area contributed by atoms with Gasteiger partial charge in [-0.25, -0.2) is 4.98 Å². The number of hydrogen-bond acceptors (Lipinski definition) is 2. The van der Waals surface area contributed by atoms with E-state index in [2.05, 4.69) is 33.8 Å². The number of benzene rings is 1. The summed E-state index contributed by atoms with van der Waals surface area (Å²) in [6.45, 7) is 0. The van der Waals surface area contributed by atoms with Gasteiger partial charge in [0.1, 0.15) is 5.78 Å². The van der Waals surface area contributed by atoms with Gasteiger partial charge in [-0.15, -0.1) is 0 Å². The molecule has 118 valence electrons. The molecule has 2 aliphatic carbocycles. The Morgan fingerprint density at radius 3 is 2.74 bits per heavy atom. The smallest absolute Gasteiger partial charge is 0.138 e. The molecule has 1 aromatic heterocycles. The van der Waals surface area contributed by atoms with Crippen molar-refractivity contribution in [2.24, 2.45) is 11.3 Å². The Balaban J connectivity index is 1.37. The Bertz CT molecular complexity index is 761. The SMILES string of the molecule is O=C(CC1c2ccccc2-c2cncn21)C1CCC2(CC1)CC2. The number of ketones is 1. The molecule has 0 amide bonds. The van der Waals surface area contributed by atoms with E-state index in [1.807, 2.05) is 12.5 Å². The Hall–Kier alpha value is -1.90. The lowest BCUT2D eigenvalue weighted by Crippen LogP contribution is -2.24. The molecule has 1 unspecified atom stereocenters. The average Bonchev–Trinajstić information content (AvgIpc) is 3.06. The van der Waals surface area contributed by atoms with E-state index in [-0.39, 0.29) is 6.04 Å². The predicted molar refractivity (Wildman–Crippen MR) is 89.1 cm³/mol. The van der Waals surface area contributed by atoms with Crippen LogP contribution in [0.3, 0.4) is 0 Å². The monoisotopic (exact) mass is 306 g/mol. The molecule has 23 heavy (non-hydrogen) atoms. The predicted octanol–water partition coefficient (Wildman–Crippen LogP) is 4.38. The Kier molecular flexibility index (Phi) is 2.82. The largest absolute Gasteiger partial charge is 0.323 e. The zero-order valence-electron chi connectivity index (χ0n) is 13.4. The van der Waals surface area contributed by atoms with Gasteiger partial charge < -0.3 is 4.57 Å². The minimum Gasteiger partial charge on any atom is -0.323 e. The summed E-state index contributed by atoms with van der Waals surface area (Å²) in [7, 11) is 0. The van der Waals surface area contributed by atoms with Gasteiger partial charge in [-0.2, -0.15) is 0 Å². The summed E-state index contributed by atoms with van der Waals surface area (Å²) in [6, 6.07) is 8.60. The number of Topliss-reactive ketones (excluding diaryl/α,β-unsaturated/α-hetero) is 1. The van der Waals surface area contributed by atoms with Gasteiger partial charge in [0.25, 0.3) is 0 Å². The standard InChI is InChI=1S/C20H22N2O/c23-19(14-5-7-20(8-6-14)9-10-20)11-17-15-3-1-2-4-16(15)18-12-21-13-22(17)18/h1-4,12-14,17H,5-11H2. The molecule has 5 rings (SSSR count). The molecule has 2 saturated carbocycles. The molecule has 0 saturated heterocycles. The van der Waals surface area contributed by atoms with Crippen molar-refractivity contribution in [1.29, 1.82) is 0 Å². The van der Waals surface area contributed by atoms with Crippen LogP contribution in [0.1, 0.15) is 56.6 Å². The third-order valence-electron chi connectivity index (χ3n) is 6.45. The molecule has 2 fully saturated rings. The van der Waals surface area contributed by atoms with Crippen molar-refractivity contribution in [3.8, 4) is 11.3 Å². The first-order valence-corrected chi connectivity index (χ1v) is 8.90. The number of carbonyl (C=O) groups is 1. The van der Waals surface area contributed by atoms with Gasteiger partial charge in [0.2, 0.25) is 0 Å². The normalized spacial score (nSPS) is 24.4. The van der Waals surface area contributed by atoms with Crippen LogP contribution in [-0.4, -0.2) is 15.3 Å². The van der Waals surface area contributed by atoms with E-state index in [1.165, 1.54) is 36.8 Å². The molecule has 3 nitrogen and oxygen atoms in total. The van der Waals surface area contributed by atoms with Crippen LogP contribution >= 0.6 is 0 Å². The van der Waals surface area contributed by atoms with E-state index in [9.17, 15) is 4.79 Å². The van der Waals surface area contributed by atoms with E-state index in [4.69, 9.17) is 0 Å². The number of carbonyl (C=O) groups excluding carboxylic acids is 1. The van der Waals surface area contributed by atoms with Gasteiger partial charge in [-0.3, -0.25) is 4.79 Å². The molecular formula is C20H22N2O. The average molecular weight is 306 g/mol. The van der Waals surface area contributed by atoms with Gasteiger partial charge >= 0.3 is 0 Å². The Morgan fingerprint density at radius 2 is 1.96 bits per heavy atom. The van der Waals surface area contributed by atoms with Crippen molar-refractivity contribution < 1.29 is 4.79 Å². The van der Waals surface area contributed by atoms with Gasteiger partial charge in [0, 0.05) is 17.9 Å². The van der Waals surface area contributed by atoms with Crippen molar-refractivity contribution in [3.63, 3.8) is 0 Å². The number of aromatic nitrogens is 2. The van der Waals surface area contributed by atoms with Crippen LogP contribution in [0, 0.1) is 11.3 Å². The maximum atomic E-state index is 12.9. The van der Waals surface area contributed by atoms with Crippen LogP contribution < -0.4 is 0 Å². The van der Waals surface area contributed by atoms with Gasteiger partial charge in [0.15, 0.2) is 0 Å². The Morgan fingerprint density at radius 1 is 1.17 bits per heavy atom. The molecular weight excluding hydrogens is 284 g/mol. The van der Waals surface area contributed by atoms with E-state index >= 15 is 0 Å². The van der Waals surface area contributed by atoms with Crippen molar-refractivity contribution >= 4 is 5.78 Å². The van der Waals surface area contributed by atoms with E-state index in [0.717, 1.165) is 18.5 Å². The molecule has 2 aromatic rings. The minimum absolute atomic E-state index is 0.146. The molecule has 1 aromatic carbocycles. The third-order valence-corrected chi connectivity index (χ3v) is 6.45. The number of fused-ring (bicyclic) bond motifs is 3. The summed E-state index contributed by atoms with van der Waals surface area (Å²) >= 11 is 0. The summed E-state index contributed by atoms with van der Waals surface area (Å²) in [5, 5.41) is 0. The Labute approximate surface area is 136 Å². The molecule has 0 N–H and O–H groups in total. The first-order valence-electron chi connectivity index (χ1n) is 8.90. The molecule has 0 radical (unpaired) electrons. The van der Waals surface area contributed by atoms with Crippen molar-refractivity contribution in [1.82, 2.24) is 9.55 Å². The number of imidazole rings is 1. The lowest BCUT2D eigenvalue weighted by atomic mass is 9.77. The second kappa shape index (κ2) is 4.80. The van der Waals surface area contributed by atoms with Gasteiger partial charge in [-0.05, 0) is 49.5 Å². The molecule has 3 heteroatoms. The summed E-state index contributed by atoms with van der Waals surface area (Å²) in [4.78, 5) is 17.2. The zero-order chi connectivity index (χ0) is 15.4. The highest BCUT2D eigenvalue weighted by Gasteiger charge is 2.46. The molecule has 2 heterocycles. The van der Waals surface area contributed by atoms with E-state index < -0.39 is 0 Å². The fraction of sp³-hybridized carbons (Fsp3) is 0.500. The highest BCUT2D eigenvalue weighted by Crippen LogP contribution is 2.57. The summed E-state index contributed by atoms with van der Waals surface area (Å²) in [6.07, 6.45) is 12.0. The minimum atomic E-state index is 0.146. The van der Waals surface area contributed by atoms with Crippen LogP contribution in [-0.2, 0) is 4.79 Å². The second-order valence-electron chi connectivity index (χ2n) is 7.73. The number of nitrogens with zero attached hydrogens (tertiary/aromatic N) is 2. The summed E-state index contributed by atoms with van der Waals surface area (Å²) in [5.41, 5.74) is 4.34. The highest BCUT2D eigenvalue weighted by molar-refractivity contribution is 5.83. The highest BCUT2D eigenvalue weighted by atomic mass is 16.1. The molecule has 1 spiro atoms. The summed E-state index contributed by atoms with van der Waals surface area (Å²) < 4.78 is 2.19. The maximum absolute atomic E-state index is 12.9. The quantitative estimate of drug-likeness (QED) is 0.843. The molecule has 0 bridgehead atoms. The lowest BCUT2D eigenvalue weighted by molar-refractivity contribution is -0.124. The topological polar surface area (TPSA) is 34.9 Å². The maximum Gasteiger partial charge on any atom is 0.138 e. The lowest BCUT2D eigenvalue weighted by Gasteiger charge is -2.28. The van der Waals surface area contributed by atoms with Crippen LogP contribution in [0.4, 0.5) is 0 Å². The van der Waals surface area contributed by atoms with Crippen molar-refractivity contribution in [3.05, 3.63) is 42.4 Å².